The summed E-state index contributed by atoms with van der Waals surface area (Å²) in [5.41, 5.74) is 8.82. The van der Waals surface area contributed by atoms with E-state index in [2.05, 4.69) is 129 Å². The lowest BCUT2D eigenvalue weighted by atomic mass is 9.98. The molecular weight excluding hydrogens is 1760 g/mol. The summed E-state index contributed by atoms with van der Waals surface area (Å²) in [7, 11) is 3.37. The van der Waals surface area contributed by atoms with E-state index in [1.165, 1.54) is 88.2 Å². The number of isocyanates is 1. The van der Waals surface area contributed by atoms with E-state index >= 15 is 0 Å². The molecule has 3 rings (SSSR count). The van der Waals surface area contributed by atoms with Gasteiger partial charge in [-0.3, -0.25) is 9.59 Å². The predicted molar refractivity (Wildman–Crippen MR) is 507 cm³/mol. The lowest BCUT2D eigenvalue weighted by Gasteiger charge is -2.21. The maximum absolute atomic E-state index is 11.4. The predicted octanol–water partition coefficient (Wildman–Crippen LogP) is 17.4. The highest BCUT2D eigenvalue weighted by atomic mass is 35.5. The summed E-state index contributed by atoms with van der Waals surface area (Å²) < 4.78 is 91.7. The van der Waals surface area contributed by atoms with Gasteiger partial charge in [-0.15, -0.1) is 24.0 Å². The molecule has 4 N–H and O–H groups in total. The Labute approximate surface area is 786 Å². The smallest absolute Gasteiger partial charge is 0.422 e. The maximum Gasteiger partial charge on any atom is 0.422 e. The number of carbonyl (C=O) groups is 12. The van der Waals surface area contributed by atoms with Crippen molar-refractivity contribution in [1.82, 2.24) is 10.2 Å². The molecule has 1 aromatic rings. The minimum Gasteiger partial charge on any atom is -0.466 e. The zero-order chi connectivity index (χ0) is 102. The summed E-state index contributed by atoms with van der Waals surface area (Å²) in [5.74, 6) is -2.28. The van der Waals surface area contributed by atoms with Crippen molar-refractivity contribution < 1.29 is 137 Å². The molecule has 2 fully saturated rings. The molecule has 1 aliphatic carbocycles. The fourth-order valence-electron chi connectivity index (χ4n) is 7.29. The second-order valence-corrected chi connectivity index (χ2v) is 29.9. The Kier molecular flexibility index (Phi) is 101. The number of aliphatic imine (C=N–C) groups is 1. The second kappa shape index (κ2) is 93.5. The van der Waals surface area contributed by atoms with Crippen LogP contribution in [-0.4, -0.2) is 223 Å². The van der Waals surface area contributed by atoms with Gasteiger partial charge < -0.3 is 77.6 Å². The number of nitrogens with two attached hydrogens (primary N) is 1. The van der Waals surface area contributed by atoms with Gasteiger partial charge in [0, 0.05) is 94.8 Å². The second-order valence-electron chi connectivity index (χ2n) is 28.6. The van der Waals surface area contributed by atoms with Crippen LogP contribution in [0.1, 0.15) is 206 Å². The summed E-state index contributed by atoms with van der Waals surface area (Å²) in [6.45, 7) is 69.1. The van der Waals surface area contributed by atoms with Gasteiger partial charge in [0.15, 0.2) is 6.61 Å². The quantitative estimate of drug-likeness (QED) is 0.0104. The van der Waals surface area contributed by atoms with E-state index < -0.39 is 42.8 Å². The van der Waals surface area contributed by atoms with E-state index in [-0.39, 0.29) is 123 Å². The SMILES string of the molecule is C=C(C)C(=O)OC1CCCCC1.C=C(C)C(=O)OCC(CC)CCCC.C=C(C)C(=O)OCC(F)(F)F.C=C(C)C(=O)OCC(O)CCl.C=C(C)C(=O)OCC1CCCO1.C=C(C)C(=O)OCCCCCC.C=C(C)C(=O)OCCN.C=C(C)C(=O)OCCN=C=O.C=C(C)C(=O)OCCSC.C=C(C)C(=O)OCc1ccco1.C=CC(=O)N(C)C.C=CC(=O)NC(C)C.Cl. The number of unbranched alkanes of at least 4 members (excludes halogenated alkanes) is 4. The Hall–Kier alpha value is -10.2. The van der Waals surface area contributed by atoms with Gasteiger partial charge in [0.1, 0.15) is 57.6 Å². The van der Waals surface area contributed by atoms with Crippen molar-refractivity contribution in [3.8, 4) is 0 Å². The van der Waals surface area contributed by atoms with E-state index in [1.807, 2.05) is 20.1 Å². The number of carbonyl (C=O) groups excluding carboxylic acids is 13. The minimum absolute atomic E-state index is 0. The van der Waals surface area contributed by atoms with Gasteiger partial charge in [0.2, 0.25) is 17.9 Å². The Morgan fingerprint density at radius 1 is 0.592 bits per heavy atom. The number of ether oxygens (including phenoxy) is 11. The molecule has 1 saturated carbocycles. The van der Waals surface area contributed by atoms with Crippen molar-refractivity contribution >= 4 is 113 Å². The van der Waals surface area contributed by atoms with Crippen LogP contribution in [0.25, 0.3) is 0 Å². The molecule has 0 bridgehead atoms. The number of hydrogen-bond acceptors (Lipinski definition) is 29. The van der Waals surface area contributed by atoms with Crippen LogP contribution in [0.15, 0.2) is 175 Å². The van der Waals surface area contributed by atoms with Crippen LogP contribution in [0.2, 0.25) is 0 Å². The highest BCUT2D eigenvalue weighted by molar-refractivity contribution is 7.98. The Balaban J connectivity index is -0.000000151. The van der Waals surface area contributed by atoms with E-state index in [0.717, 1.165) is 63.7 Å². The zero-order valence-electron chi connectivity index (χ0n) is 80.2. The average molecular weight is 1910 g/mol. The third-order valence-electron chi connectivity index (χ3n) is 14.4. The van der Waals surface area contributed by atoms with Gasteiger partial charge in [-0.25, -0.2) is 57.7 Å². The molecule has 3 unspecified atom stereocenters. The van der Waals surface area contributed by atoms with Crippen molar-refractivity contribution in [2.24, 2.45) is 16.6 Å². The fourth-order valence-corrected chi connectivity index (χ4v) is 7.63. The van der Waals surface area contributed by atoms with Gasteiger partial charge in [-0.1, -0.05) is 145 Å². The molecule has 30 nitrogen and oxygen atoms in total. The summed E-state index contributed by atoms with van der Waals surface area (Å²) >= 11 is 6.90. The van der Waals surface area contributed by atoms with E-state index in [4.69, 9.17) is 60.0 Å². The number of halogens is 5. The van der Waals surface area contributed by atoms with Crippen molar-refractivity contribution in [2.45, 2.75) is 237 Å². The standard InChI is InChI=1S/C12H22O2.C10H16O2.C10H18O2.C9H14O3.C9H10O3.C7H11ClO3.C7H9NO3.C7H12O2S.C6H7F3O2.C6H11NO2.C6H11NO.C5H9NO.ClH/c1-5-7-8-11(6-2)9-14-12(13)10(3)4;1-8(2)10(11)12-9-6-4-3-5-7-9;1-4-5-6-7-8-12-10(11)9(2)3;2*1-7(2)9(10)12-6-8-4-3-5-11-8;1-5(2)7(10)11-4-6(9)3-8;1-6(2)7(10)11-4-3-8-5-9;1-6(2)7(8)9-4-5-10-3;1-4(2)5(10)11-3-6(7,8)9;1-5(2)6(8)9-4-3-7;1-4-6(8)7-5(2)3;1-4-5(7)6(2)3;/h11H,3,5-9H2,1-2,4H3;9H,1,3-7H2,2H3;2,4-8H2,1,3H3;8H,1,3-6H2,2H3;3-5H,1,6H2,2H3;6,9H,1,3-4H2,2H3;1,3-4H2,2H3;1,4-5H2,2-3H3;1,3H2,2H3;1,3-4,7H2,2H3;4-5H,1H2,2-3H3,(H,7,8);4H,1H2,2-3H3;1H. The van der Waals surface area contributed by atoms with Gasteiger partial charge >= 0.3 is 65.9 Å². The first kappa shape index (κ1) is 140. The summed E-state index contributed by atoms with van der Waals surface area (Å²) in [5, 5.41) is 11.5. The molecular formula is C94H151Cl2F3N4O26S. The number of rotatable bonds is 41. The van der Waals surface area contributed by atoms with Crippen LogP contribution < -0.4 is 11.1 Å². The number of nitrogens with zero attached hydrogens (tertiary/aromatic N) is 2. The fraction of sp³-hybridized carbons (Fsp3) is 0.564. The van der Waals surface area contributed by atoms with Crippen LogP contribution in [0.5, 0.6) is 0 Å². The number of hydrogen-bond donors (Lipinski definition) is 3. The first-order valence-electron chi connectivity index (χ1n) is 41.4. The molecule has 2 aliphatic rings. The van der Waals surface area contributed by atoms with Gasteiger partial charge in [-0.05, 0) is 171 Å². The molecule has 36 heteroatoms. The number of esters is 10. The monoisotopic (exact) mass is 1910 g/mol. The number of amides is 2. The van der Waals surface area contributed by atoms with Crippen LogP contribution in [0.4, 0.5) is 13.2 Å². The molecule has 2 amide bonds. The molecule has 1 aliphatic heterocycles. The van der Waals surface area contributed by atoms with E-state index in [9.17, 15) is 75.5 Å². The highest BCUT2D eigenvalue weighted by Crippen LogP contribution is 2.21. The maximum atomic E-state index is 11.4. The Morgan fingerprint density at radius 3 is 1.38 bits per heavy atom. The van der Waals surface area contributed by atoms with Crippen molar-refractivity contribution in [1.29, 1.82) is 0 Å². The molecule has 130 heavy (non-hydrogen) atoms. The largest absolute Gasteiger partial charge is 0.466 e. The summed E-state index contributed by atoms with van der Waals surface area (Å²) in [6.07, 6.45) is 19.3. The van der Waals surface area contributed by atoms with Crippen molar-refractivity contribution in [3.63, 3.8) is 0 Å². The highest BCUT2D eigenvalue weighted by Gasteiger charge is 2.30. The number of thioether (sulfide) groups is 1. The van der Waals surface area contributed by atoms with Crippen LogP contribution in [0, 0.1) is 5.92 Å². The first-order valence-corrected chi connectivity index (χ1v) is 43.4. The molecule has 1 aromatic heterocycles. The minimum atomic E-state index is -4.47. The molecule has 744 valence electrons. The number of likely N-dealkylation sites (N-methyl/N-ethyl adjacent to an activating group) is 1. The van der Waals surface area contributed by atoms with Gasteiger partial charge in [-0.2, -0.15) is 24.9 Å². The lowest BCUT2D eigenvalue weighted by Crippen LogP contribution is -2.27. The zero-order valence-corrected chi connectivity index (χ0v) is 82.6. The number of aliphatic hydroxyl groups is 1. The third-order valence-corrected chi connectivity index (χ3v) is 15.4. The van der Waals surface area contributed by atoms with Crippen LogP contribution in [0.3, 0.4) is 0 Å². The van der Waals surface area contributed by atoms with Crippen molar-refractivity contribution in [3.05, 3.63) is 171 Å². The normalized spacial score (nSPS) is 11.7. The lowest BCUT2D eigenvalue weighted by molar-refractivity contribution is -0.183. The third kappa shape index (κ3) is 105. The molecule has 0 aromatic carbocycles. The molecule has 2 heterocycles. The Morgan fingerprint density at radius 2 is 1.02 bits per heavy atom. The molecule has 3 atom stereocenters. The van der Waals surface area contributed by atoms with Crippen LogP contribution >= 0.6 is 35.8 Å². The summed E-state index contributed by atoms with van der Waals surface area (Å²) in [6, 6.07) is 3.69. The number of aliphatic hydroxyl groups excluding tert-OH is 1. The van der Waals surface area contributed by atoms with E-state index in [1.54, 1.807) is 93.4 Å². The molecule has 0 radical (unpaired) electrons. The van der Waals surface area contributed by atoms with Gasteiger partial charge in [0.05, 0.1) is 38.0 Å². The molecule has 0 spiro atoms. The topological polar surface area (TPSA) is 410 Å². The number of nitrogens with one attached hydrogen (secondary N) is 1. The van der Waals surface area contributed by atoms with Gasteiger partial charge in [0.25, 0.3) is 0 Å². The first-order chi connectivity index (χ1) is 60.2. The molecule has 1 saturated heterocycles. The van der Waals surface area contributed by atoms with Crippen LogP contribution in [-0.2, 0) is 121 Å². The average Bonchev–Trinajstić information content (AvgIpc) is 1.60. The summed E-state index contributed by atoms with van der Waals surface area (Å²) in [4.78, 5) is 143. The number of alkyl halides is 4. The number of furan rings is 1. The van der Waals surface area contributed by atoms with Crippen molar-refractivity contribution in [2.75, 3.05) is 105 Å². The Bertz CT molecular complexity index is 3580. The van der Waals surface area contributed by atoms with E-state index in [0.29, 0.717) is 94.8 Å².